The molecule has 1 N–H and O–H groups in total. The summed E-state index contributed by atoms with van der Waals surface area (Å²) in [7, 11) is 1.60. The number of methoxy groups -OCH3 is 1. The molecule has 3 aliphatic carbocycles. The number of hydrogen-bond donors (Lipinski definition) is 1. The SMILES string of the molecule is COc1ccc2c3c1OC1C(=O)CC[C@]4(O)[C@H](C2)N(C(=O)C2CC2)CC[C@@]314. The highest BCUT2D eigenvalue weighted by Crippen LogP contribution is 2.65. The van der Waals surface area contributed by atoms with Crippen molar-refractivity contribution in [1.29, 1.82) is 0 Å². The van der Waals surface area contributed by atoms with E-state index in [2.05, 4.69) is 0 Å². The maximum Gasteiger partial charge on any atom is 0.226 e. The van der Waals surface area contributed by atoms with Crippen molar-refractivity contribution >= 4 is 11.7 Å². The Kier molecular flexibility index (Phi) is 2.86. The number of ketones is 1. The summed E-state index contributed by atoms with van der Waals surface area (Å²) in [5.74, 6) is 1.58. The van der Waals surface area contributed by atoms with Gasteiger partial charge in [-0.1, -0.05) is 6.07 Å². The molecule has 2 aliphatic heterocycles. The molecule has 1 aromatic rings. The van der Waals surface area contributed by atoms with Crippen molar-refractivity contribution in [1.82, 2.24) is 4.90 Å². The highest BCUT2D eigenvalue weighted by molar-refractivity contribution is 5.90. The first-order valence-electron chi connectivity index (χ1n) is 9.94. The average molecular weight is 369 g/mol. The molecule has 2 bridgehead atoms. The first-order valence-corrected chi connectivity index (χ1v) is 9.94. The van der Waals surface area contributed by atoms with Crippen molar-refractivity contribution < 1.29 is 24.2 Å². The summed E-state index contributed by atoms with van der Waals surface area (Å²) in [6, 6.07) is 3.60. The van der Waals surface area contributed by atoms with Gasteiger partial charge in [0.05, 0.1) is 24.2 Å². The van der Waals surface area contributed by atoms with E-state index in [1.54, 1.807) is 7.11 Å². The van der Waals surface area contributed by atoms with Crippen LogP contribution in [0.25, 0.3) is 0 Å². The van der Waals surface area contributed by atoms with E-state index in [0.29, 0.717) is 37.3 Å². The van der Waals surface area contributed by atoms with Gasteiger partial charge >= 0.3 is 0 Å². The molecule has 1 amide bonds. The van der Waals surface area contributed by atoms with Gasteiger partial charge in [-0.05, 0) is 43.7 Å². The van der Waals surface area contributed by atoms with Crippen LogP contribution in [0.2, 0.25) is 0 Å². The Morgan fingerprint density at radius 3 is 2.89 bits per heavy atom. The van der Waals surface area contributed by atoms with Gasteiger partial charge in [-0.25, -0.2) is 0 Å². The number of Topliss-reactive ketones (excluding diaryl/α,β-unsaturated/α-hetero) is 1. The molecule has 3 fully saturated rings. The molecule has 1 spiro atoms. The summed E-state index contributed by atoms with van der Waals surface area (Å²) in [6.45, 7) is 0.575. The molecular formula is C21H23NO5. The number of likely N-dealkylation sites (tertiary alicyclic amines) is 1. The minimum atomic E-state index is -1.13. The van der Waals surface area contributed by atoms with Crippen LogP contribution < -0.4 is 9.47 Å². The van der Waals surface area contributed by atoms with Crippen LogP contribution in [0.3, 0.4) is 0 Å². The molecule has 1 saturated heterocycles. The van der Waals surface area contributed by atoms with Crippen LogP contribution in [0.5, 0.6) is 11.5 Å². The van der Waals surface area contributed by atoms with Gasteiger partial charge in [0.25, 0.3) is 0 Å². The lowest BCUT2D eigenvalue weighted by Crippen LogP contribution is -2.77. The lowest BCUT2D eigenvalue weighted by molar-refractivity contribution is -0.193. The maximum atomic E-state index is 12.9. The smallest absolute Gasteiger partial charge is 0.226 e. The van der Waals surface area contributed by atoms with Crippen LogP contribution in [0.1, 0.15) is 43.2 Å². The second-order valence-corrected chi connectivity index (χ2v) is 8.77. The van der Waals surface area contributed by atoms with Gasteiger partial charge in [0.2, 0.25) is 5.91 Å². The average Bonchev–Trinajstić information content (AvgIpc) is 3.44. The number of carbonyl (C=O) groups excluding carboxylic acids is 2. The highest BCUT2D eigenvalue weighted by atomic mass is 16.5. The van der Waals surface area contributed by atoms with Gasteiger partial charge in [0.1, 0.15) is 0 Å². The van der Waals surface area contributed by atoms with Gasteiger partial charge in [-0.3, -0.25) is 9.59 Å². The van der Waals surface area contributed by atoms with Crippen LogP contribution in [0, 0.1) is 5.92 Å². The van der Waals surface area contributed by atoms with Gasteiger partial charge in [-0.15, -0.1) is 0 Å². The highest BCUT2D eigenvalue weighted by Gasteiger charge is 2.73. The Labute approximate surface area is 157 Å². The Hall–Kier alpha value is -2.08. The summed E-state index contributed by atoms with van der Waals surface area (Å²) in [6.07, 6.45) is 3.07. The molecule has 5 aliphatic rings. The van der Waals surface area contributed by atoms with Crippen molar-refractivity contribution in [2.75, 3.05) is 13.7 Å². The molecule has 0 aromatic heterocycles. The van der Waals surface area contributed by atoms with E-state index in [1.807, 2.05) is 17.0 Å². The van der Waals surface area contributed by atoms with E-state index in [-0.39, 0.29) is 30.1 Å². The third-order valence-corrected chi connectivity index (χ3v) is 7.67. The second-order valence-electron chi connectivity index (χ2n) is 8.77. The number of amides is 1. The minimum Gasteiger partial charge on any atom is -0.493 e. The van der Waals surface area contributed by atoms with E-state index < -0.39 is 17.1 Å². The number of benzene rings is 1. The second kappa shape index (κ2) is 4.85. The number of ether oxygens (including phenoxy) is 2. The number of rotatable bonds is 2. The normalized spacial score (nSPS) is 38.3. The summed E-state index contributed by atoms with van der Waals surface area (Å²) in [5, 5.41) is 12.0. The Morgan fingerprint density at radius 2 is 2.15 bits per heavy atom. The molecule has 142 valence electrons. The summed E-state index contributed by atoms with van der Waals surface area (Å²) >= 11 is 0. The number of carbonyl (C=O) groups is 2. The van der Waals surface area contributed by atoms with Gasteiger partial charge in [0, 0.05) is 24.4 Å². The molecule has 27 heavy (non-hydrogen) atoms. The lowest BCUT2D eigenvalue weighted by atomic mass is 9.49. The van der Waals surface area contributed by atoms with E-state index in [4.69, 9.17) is 9.47 Å². The van der Waals surface area contributed by atoms with Gasteiger partial charge in [-0.2, -0.15) is 0 Å². The number of hydrogen-bond acceptors (Lipinski definition) is 5. The van der Waals surface area contributed by atoms with Crippen molar-refractivity contribution in [3.05, 3.63) is 23.3 Å². The minimum absolute atomic E-state index is 0.0477. The van der Waals surface area contributed by atoms with Crippen LogP contribution in [-0.2, 0) is 21.4 Å². The molecular weight excluding hydrogens is 346 g/mol. The predicted octanol–water partition coefficient (Wildman–Crippen LogP) is 1.36. The fraction of sp³-hybridized carbons (Fsp3) is 0.619. The topological polar surface area (TPSA) is 76.1 Å². The zero-order valence-electron chi connectivity index (χ0n) is 15.4. The Balaban J connectivity index is 1.58. The first-order chi connectivity index (χ1) is 13.0. The quantitative estimate of drug-likeness (QED) is 0.852. The van der Waals surface area contributed by atoms with Crippen molar-refractivity contribution in [3.8, 4) is 11.5 Å². The van der Waals surface area contributed by atoms with Crippen LogP contribution in [0.4, 0.5) is 0 Å². The third kappa shape index (κ3) is 1.67. The monoisotopic (exact) mass is 369 g/mol. The van der Waals surface area contributed by atoms with E-state index in [9.17, 15) is 14.7 Å². The fourth-order valence-electron chi connectivity index (χ4n) is 6.31. The van der Waals surface area contributed by atoms with Crippen LogP contribution in [-0.4, -0.2) is 53.1 Å². The van der Waals surface area contributed by atoms with Crippen molar-refractivity contribution in [2.45, 2.75) is 61.7 Å². The molecule has 2 heterocycles. The third-order valence-electron chi connectivity index (χ3n) is 7.67. The molecule has 1 unspecified atom stereocenters. The van der Waals surface area contributed by atoms with E-state index >= 15 is 0 Å². The largest absolute Gasteiger partial charge is 0.493 e. The standard InChI is InChI=1S/C21H23NO5/c1-26-14-5-4-12-10-15-21(25)7-6-13(23)18-20(21,16(12)17(14)27-18)8-9-22(15)19(24)11-2-3-11/h4-5,11,15,18,25H,2-3,6-10H2,1H3/t15-,18?,20+,21-/m0/s1. The zero-order chi connectivity index (χ0) is 18.6. The van der Waals surface area contributed by atoms with Gasteiger partial charge < -0.3 is 19.5 Å². The maximum absolute atomic E-state index is 12.9. The molecule has 6 heteroatoms. The van der Waals surface area contributed by atoms with Crippen LogP contribution in [0.15, 0.2) is 12.1 Å². The number of piperidine rings is 1. The Bertz CT molecular complexity index is 893. The van der Waals surface area contributed by atoms with E-state index in [1.165, 1.54) is 0 Å². The zero-order valence-corrected chi connectivity index (χ0v) is 15.4. The summed E-state index contributed by atoms with van der Waals surface area (Å²) < 4.78 is 11.7. The lowest BCUT2D eigenvalue weighted by Gasteiger charge is -2.62. The predicted molar refractivity (Wildman–Crippen MR) is 94.8 cm³/mol. The number of aliphatic hydroxyl groups is 1. The number of nitrogens with zero attached hydrogens (tertiary/aromatic N) is 1. The van der Waals surface area contributed by atoms with Crippen LogP contribution >= 0.6 is 0 Å². The summed E-state index contributed by atoms with van der Waals surface area (Å²) in [4.78, 5) is 27.7. The molecule has 6 rings (SSSR count). The molecule has 4 atom stereocenters. The summed E-state index contributed by atoms with van der Waals surface area (Å²) in [5.41, 5.74) is 0.146. The molecule has 2 saturated carbocycles. The molecule has 6 nitrogen and oxygen atoms in total. The van der Waals surface area contributed by atoms with Crippen molar-refractivity contribution in [3.63, 3.8) is 0 Å². The molecule has 0 radical (unpaired) electrons. The first kappa shape index (κ1) is 15.9. The van der Waals surface area contributed by atoms with Gasteiger partial charge in [0.15, 0.2) is 23.4 Å². The van der Waals surface area contributed by atoms with E-state index in [0.717, 1.165) is 24.0 Å². The van der Waals surface area contributed by atoms with Crippen molar-refractivity contribution in [2.24, 2.45) is 5.92 Å². The fourth-order valence-corrected chi connectivity index (χ4v) is 6.31. The Morgan fingerprint density at radius 1 is 1.33 bits per heavy atom. The molecule has 1 aromatic carbocycles.